The Hall–Kier alpha value is -0.280. The molecule has 1 aliphatic rings. The summed E-state index contributed by atoms with van der Waals surface area (Å²) in [5.41, 5.74) is 1.03. The summed E-state index contributed by atoms with van der Waals surface area (Å²) in [6.07, 6.45) is 3.71. The van der Waals surface area contributed by atoms with Gasteiger partial charge >= 0.3 is 0 Å². The summed E-state index contributed by atoms with van der Waals surface area (Å²) in [5, 5.41) is 11.2. The van der Waals surface area contributed by atoms with E-state index in [1.807, 2.05) is 19.1 Å². The fourth-order valence-electron chi connectivity index (χ4n) is 2.65. The van der Waals surface area contributed by atoms with E-state index in [-0.39, 0.29) is 6.10 Å². The zero-order valence-electron chi connectivity index (χ0n) is 11.1. The number of ether oxygens (including phenoxy) is 1. The number of hydrogen-bond donors (Lipinski definition) is 1. The monoisotopic (exact) mass is 302 g/mol. The van der Waals surface area contributed by atoms with Crippen LogP contribution in [0.25, 0.3) is 0 Å². The number of halogens is 2. The second kappa shape index (κ2) is 6.94. The van der Waals surface area contributed by atoms with Crippen LogP contribution in [0.2, 0.25) is 10.0 Å². The molecule has 0 heterocycles. The Morgan fingerprint density at radius 3 is 2.68 bits per heavy atom. The summed E-state index contributed by atoms with van der Waals surface area (Å²) in [7, 11) is 0. The van der Waals surface area contributed by atoms with Crippen molar-refractivity contribution in [2.24, 2.45) is 5.92 Å². The van der Waals surface area contributed by atoms with Crippen LogP contribution >= 0.6 is 23.2 Å². The summed E-state index contributed by atoms with van der Waals surface area (Å²) in [5.74, 6) is 0.592. The first-order valence-electron chi connectivity index (χ1n) is 6.82. The number of rotatable bonds is 6. The van der Waals surface area contributed by atoms with E-state index in [1.54, 1.807) is 6.07 Å². The normalized spacial score (nSPS) is 24.0. The summed E-state index contributed by atoms with van der Waals surface area (Å²) < 4.78 is 5.52. The lowest BCUT2D eigenvalue weighted by Crippen LogP contribution is -2.34. The van der Waals surface area contributed by atoms with Gasteiger partial charge in [-0.15, -0.1) is 0 Å². The molecule has 1 aromatic rings. The molecule has 1 aliphatic carbocycles. The largest absolute Gasteiger partial charge is 0.393 e. The molecule has 1 unspecified atom stereocenters. The molecule has 4 heteroatoms. The first-order valence-corrected chi connectivity index (χ1v) is 7.57. The highest BCUT2D eigenvalue weighted by Crippen LogP contribution is 2.34. The Bertz CT molecular complexity index is 417. The molecule has 0 aromatic heterocycles. The predicted octanol–water partition coefficient (Wildman–Crippen LogP) is 4.10. The van der Waals surface area contributed by atoms with Gasteiger partial charge in [-0.3, -0.25) is 0 Å². The topological polar surface area (TPSA) is 29.5 Å². The Morgan fingerprint density at radius 1 is 1.32 bits per heavy atom. The Balaban J connectivity index is 1.75. The summed E-state index contributed by atoms with van der Waals surface area (Å²) >= 11 is 11.8. The molecule has 0 saturated heterocycles. The van der Waals surface area contributed by atoms with Crippen LogP contribution in [-0.4, -0.2) is 23.9 Å². The van der Waals surface area contributed by atoms with E-state index in [0.717, 1.165) is 31.4 Å². The summed E-state index contributed by atoms with van der Waals surface area (Å²) in [6.45, 7) is 2.80. The molecule has 1 aromatic carbocycles. The molecule has 1 saturated carbocycles. The molecule has 1 atom stereocenters. The second-order valence-electron chi connectivity index (χ2n) is 5.26. The molecule has 0 spiro atoms. The van der Waals surface area contributed by atoms with Crippen molar-refractivity contribution in [1.29, 1.82) is 0 Å². The van der Waals surface area contributed by atoms with Crippen LogP contribution < -0.4 is 0 Å². The van der Waals surface area contributed by atoms with Gasteiger partial charge in [0, 0.05) is 6.61 Å². The number of hydrogen-bond acceptors (Lipinski definition) is 2. The standard InChI is InChI=1S/C15H20Cl2O2/c1-2-19-13-7-11(8-13)6-12(18)5-10-3-4-14(16)15(17)9-10/h3-4,9,11-13,18H,2,5-8H2,1H3. The minimum atomic E-state index is -0.315. The maximum atomic E-state index is 10.1. The zero-order chi connectivity index (χ0) is 13.8. The molecule has 2 rings (SSSR count). The molecular weight excluding hydrogens is 283 g/mol. The van der Waals surface area contributed by atoms with E-state index in [2.05, 4.69) is 0 Å². The number of aliphatic hydroxyl groups excluding tert-OH is 1. The van der Waals surface area contributed by atoms with Crippen molar-refractivity contribution in [3.63, 3.8) is 0 Å². The van der Waals surface area contributed by atoms with E-state index >= 15 is 0 Å². The van der Waals surface area contributed by atoms with Gasteiger partial charge in [0.05, 0.1) is 22.3 Å². The number of benzene rings is 1. The molecule has 0 aliphatic heterocycles. The Kier molecular flexibility index (Phi) is 5.52. The maximum Gasteiger partial charge on any atom is 0.0595 e. The molecule has 0 radical (unpaired) electrons. The van der Waals surface area contributed by atoms with Crippen molar-refractivity contribution < 1.29 is 9.84 Å². The van der Waals surface area contributed by atoms with Crippen molar-refractivity contribution in [2.45, 2.75) is 44.8 Å². The molecule has 1 fully saturated rings. The highest BCUT2D eigenvalue weighted by atomic mass is 35.5. The highest BCUT2D eigenvalue weighted by molar-refractivity contribution is 6.42. The van der Waals surface area contributed by atoms with Crippen molar-refractivity contribution >= 4 is 23.2 Å². The maximum absolute atomic E-state index is 10.1. The second-order valence-corrected chi connectivity index (χ2v) is 6.07. The average molecular weight is 303 g/mol. The van der Waals surface area contributed by atoms with Gasteiger partial charge in [0.15, 0.2) is 0 Å². The quantitative estimate of drug-likeness (QED) is 0.857. The molecule has 2 nitrogen and oxygen atoms in total. The van der Waals surface area contributed by atoms with Crippen LogP contribution in [0.4, 0.5) is 0 Å². The molecular formula is C15H20Cl2O2. The van der Waals surface area contributed by atoms with E-state index < -0.39 is 0 Å². The van der Waals surface area contributed by atoms with E-state index in [0.29, 0.717) is 28.5 Å². The van der Waals surface area contributed by atoms with Gasteiger partial charge in [-0.05, 0) is 56.2 Å². The van der Waals surface area contributed by atoms with Gasteiger partial charge < -0.3 is 9.84 Å². The van der Waals surface area contributed by atoms with E-state index in [9.17, 15) is 5.11 Å². The third-order valence-electron chi connectivity index (χ3n) is 3.66. The molecule has 0 amide bonds. The van der Waals surface area contributed by atoms with Gasteiger partial charge in [-0.2, -0.15) is 0 Å². The molecule has 1 N–H and O–H groups in total. The Morgan fingerprint density at radius 2 is 2.05 bits per heavy atom. The van der Waals surface area contributed by atoms with E-state index in [4.69, 9.17) is 27.9 Å². The fraction of sp³-hybridized carbons (Fsp3) is 0.600. The first-order chi connectivity index (χ1) is 9.08. The lowest BCUT2D eigenvalue weighted by atomic mass is 9.78. The van der Waals surface area contributed by atoms with Crippen LogP contribution in [0, 0.1) is 5.92 Å². The van der Waals surface area contributed by atoms with Crippen molar-refractivity contribution in [2.75, 3.05) is 6.61 Å². The van der Waals surface area contributed by atoms with Crippen LogP contribution in [0.5, 0.6) is 0 Å². The first kappa shape index (κ1) is 15.1. The number of aliphatic hydroxyl groups is 1. The zero-order valence-corrected chi connectivity index (χ0v) is 12.6. The lowest BCUT2D eigenvalue weighted by Gasteiger charge is -2.36. The minimum absolute atomic E-state index is 0.315. The average Bonchev–Trinajstić information content (AvgIpc) is 2.31. The summed E-state index contributed by atoms with van der Waals surface area (Å²) in [4.78, 5) is 0. The van der Waals surface area contributed by atoms with Crippen LogP contribution in [0.1, 0.15) is 31.7 Å². The minimum Gasteiger partial charge on any atom is -0.393 e. The SMILES string of the molecule is CCOC1CC(CC(O)Cc2ccc(Cl)c(Cl)c2)C1. The Labute approximate surface area is 124 Å². The summed E-state index contributed by atoms with van der Waals surface area (Å²) in [6, 6.07) is 5.53. The predicted molar refractivity (Wildman–Crippen MR) is 78.9 cm³/mol. The van der Waals surface area contributed by atoms with Crippen molar-refractivity contribution in [3.05, 3.63) is 33.8 Å². The van der Waals surface area contributed by atoms with Crippen molar-refractivity contribution in [1.82, 2.24) is 0 Å². The molecule has 19 heavy (non-hydrogen) atoms. The third kappa shape index (κ3) is 4.35. The van der Waals surface area contributed by atoms with Gasteiger partial charge in [0.25, 0.3) is 0 Å². The van der Waals surface area contributed by atoms with Gasteiger partial charge in [0.2, 0.25) is 0 Å². The fourth-order valence-corrected chi connectivity index (χ4v) is 2.97. The van der Waals surface area contributed by atoms with Crippen molar-refractivity contribution in [3.8, 4) is 0 Å². The van der Waals surface area contributed by atoms with Crippen LogP contribution in [-0.2, 0) is 11.2 Å². The molecule has 106 valence electrons. The van der Waals surface area contributed by atoms with Gasteiger partial charge in [-0.25, -0.2) is 0 Å². The third-order valence-corrected chi connectivity index (χ3v) is 4.39. The van der Waals surface area contributed by atoms with Crippen LogP contribution in [0.3, 0.4) is 0 Å². The van der Waals surface area contributed by atoms with Crippen LogP contribution in [0.15, 0.2) is 18.2 Å². The highest BCUT2D eigenvalue weighted by Gasteiger charge is 2.30. The van der Waals surface area contributed by atoms with Gasteiger partial charge in [0.1, 0.15) is 0 Å². The smallest absolute Gasteiger partial charge is 0.0595 e. The lowest BCUT2D eigenvalue weighted by molar-refractivity contribution is -0.0375. The van der Waals surface area contributed by atoms with Gasteiger partial charge in [-0.1, -0.05) is 29.3 Å². The molecule has 0 bridgehead atoms. The van der Waals surface area contributed by atoms with E-state index in [1.165, 1.54) is 0 Å².